The molecule has 2 heterocycles. The van der Waals surface area contributed by atoms with Crippen LogP contribution in [0.3, 0.4) is 0 Å². The number of aryl methyl sites for hydroxylation is 1. The Labute approximate surface area is 140 Å². The maximum atomic E-state index is 12.5. The van der Waals surface area contributed by atoms with Crippen molar-refractivity contribution in [3.8, 4) is 11.3 Å². The van der Waals surface area contributed by atoms with Crippen LogP contribution in [-0.4, -0.2) is 23.2 Å². The molecule has 0 bridgehead atoms. The molecule has 0 fully saturated rings. The zero-order valence-corrected chi connectivity index (χ0v) is 14.4. The van der Waals surface area contributed by atoms with Crippen LogP contribution in [0, 0.1) is 6.92 Å². The van der Waals surface area contributed by atoms with E-state index in [1.54, 1.807) is 29.9 Å². The van der Waals surface area contributed by atoms with Gasteiger partial charge in [0.25, 0.3) is 10.0 Å². The third kappa shape index (κ3) is 3.33. The summed E-state index contributed by atoms with van der Waals surface area (Å²) < 4.78 is 34.3. The summed E-state index contributed by atoms with van der Waals surface area (Å²) in [6, 6.07) is 6.63. The van der Waals surface area contributed by atoms with Gasteiger partial charge in [-0.25, -0.2) is 13.4 Å². The van der Waals surface area contributed by atoms with Crippen molar-refractivity contribution < 1.29 is 12.8 Å². The van der Waals surface area contributed by atoms with Crippen LogP contribution in [0.1, 0.15) is 25.8 Å². The Balaban J connectivity index is 1.81. The standard InChI is InChI=1S/C16H18N4O3S/c1-11(2)20-9-14(8-17-20)19-24(21,22)15-6-4-13(5-7-15)16-10-23-12(3)18-16/h4-11,19H,1-3H3. The van der Waals surface area contributed by atoms with Gasteiger partial charge in [0.15, 0.2) is 5.89 Å². The Hall–Kier alpha value is -2.61. The molecular weight excluding hydrogens is 328 g/mol. The molecule has 7 nitrogen and oxygen atoms in total. The molecule has 3 rings (SSSR count). The molecule has 24 heavy (non-hydrogen) atoms. The van der Waals surface area contributed by atoms with Gasteiger partial charge < -0.3 is 4.42 Å². The van der Waals surface area contributed by atoms with Crippen LogP contribution in [0.4, 0.5) is 5.69 Å². The van der Waals surface area contributed by atoms with Crippen molar-refractivity contribution in [1.29, 1.82) is 0 Å². The van der Waals surface area contributed by atoms with Crippen LogP contribution < -0.4 is 4.72 Å². The van der Waals surface area contributed by atoms with E-state index < -0.39 is 10.0 Å². The topological polar surface area (TPSA) is 90.0 Å². The van der Waals surface area contributed by atoms with Crippen molar-refractivity contribution in [2.45, 2.75) is 31.7 Å². The molecule has 0 atom stereocenters. The van der Waals surface area contributed by atoms with Crippen molar-refractivity contribution >= 4 is 15.7 Å². The van der Waals surface area contributed by atoms with Crippen LogP contribution in [0.2, 0.25) is 0 Å². The summed E-state index contributed by atoms with van der Waals surface area (Å²) in [6.45, 7) is 5.69. The Morgan fingerprint density at radius 3 is 2.46 bits per heavy atom. The third-order valence-electron chi connectivity index (χ3n) is 3.46. The maximum absolute atomic E-state index is 12.5. The fourth-order valence-electron chi connectivity index (χ4n) is 2.19. The van der Waals surface area contributed by atoms with Crippen LogP contribution >= 0.6 is 0 Å². The summed E-state index contributed by atoms with van der Waals surface area (Å²) in [5.41, 5.74) is 1.89. The molecule has 3 aromatic rings. The Morgan fingerprint density at radius 2 is 1.92 bits per heavy atom. The molecule has 8 heteroatoms. The van der Waals surface area contributed by atoms with Gasteiger partial charge in [-0.15, -0.1) is 0 Å². The van der Waals surface area contributed by atoms with Gasteiger partial charge in [0.2, 0.25) is 0 Å². The van der Waals surface area contributed by atoms with E-state index in [1.165, 1.54) is 24.6 Å². The van der Waals surface area contributed by atoms with Gasteiger partial charge in [0.05, 0.1) is 16.8 Å². The number of nitrogens with zero attached hydrogens (tertiary/aromatic N) is 3. The summed E-state index contributed by atoms with van der Waals surface area (Å²) >= 11 is 0. The fourth-order valence-corrected chi connectivity index (χ4v) is 3.22. The predicted molar refractivity (Wildman–Crippen MR) is 90.1 cm³/mol. The van der Waals surface area contributed by atoms with Gasteiger partial charge in [0, 0.05) is 24.7 Å². The van der Waals surface area contributed by atoms with Crippen molar-refractivity contribution in [1.82, 2.24) is 14.8 Å². The normalized spacial score (nSPS) is 11.8. The van der Waals surface area contributed by atoms with Crippen molar-refractivity contribution in [2.75, 3.05) is 4.72 Å². The van der Waals surface area contributed by atoms with Gasteiger partial charge in [-0.05, 0) is 26.0 Å². The third-order valence-corrected chi connectivity index (χ3v) is 4.86. The highest BCUT2D eigenvalue weighted by atomic mass is 32.2. The lowest BCUT2D eigenvalue weighted by Gasteiger charge is -2.07. The highest BCUT2D eigenvalue weighted by Crippen LogP contribution is 2.22. The van der Waals surface area contributed by atoms with Crippen molar-refractivity contribution in [3.05, 3.63) is 48.8 Å². The van der Waals surface area contributed by atoms with E-state index in [1.807, 2.05) is 13.8 Å². The molecule has 0 amide bonds. The van der Waals surface area contributed by atoms with E-state index in [9.17, 15) is 8.42 Å². The van der Waals surface area contributed by atoms with Gasteiger partial charge in [-0.3, -0.25) is 9.40 Å². The molecule has 0 aliphatic rings. The number of oxazole rings is 1. The average molecular weight is 346 g/mol. The molecular formula is C16H18N4O3S. The minimum atomic E-state index is -3.67. The monoisotopic (exact) mass is 346 g/mol. The molecule has 0 radical (unpaired) electrons. The average Bonchev–Trinajstić information content (AvgIpc) is 3.16. The van der Waals surface area contributed by atoms with Gasteiger partial charge >= 0.3 is 0 Å². The summed E-state index contributed by atoms with van der Waals surface area (Å²) in [7, 11) is -3.67. The molecule has 0 saturated carbocycles. The molecule has 0 saturated heterocycles. The van der Waals surface area contributed by atoms with Crippen molar-refractivity contribution in [2.24, 2.45) is 0 Å². The highest BCUT2D eigenvalue weighted by Gasteiger charge is 2.16. The number of rotatable bonds is 5. The lowest BCUT2D eigenvalue weighted by Crippen LogP contribution is -2.12. The molecule has 0 spiro atoms. The lowest BCUT2D eigenvalue weighted by atomic mass is 10.2. The van der Waals surface area contributed by atoms with E-state index in [-0.39, 0.29) is 10.9 Å². The van der Waals surface area contributed by atoms with Gasteiger partial charge in [0.1, 0.15) is 12.0 Å². The number of hydrogen-bond acceptors (Lipinski definition) is 5. The molecule has 1 N–H and O–H groups in total. The SMILES string of the molecule is Cc1nc(-c2ccc(S(=O)(=O)Nc3cnn(C(C)C)c3)cc2)co1. The minimum Gasteiger partial charge on any atom is -0.449 e. The van der Waals surface area contributed by atoms with Crippen LogP contribution in [0.25, 0.3) is 11.3 Å². The largest absolute Gasteiger partial charge is 0.449 e. The van der Waals surface area contributed by atoms with Crippen molar-refractivity contribution in [3.63, 3.8) is 0 Å². The highest BCUT2D eigenvalue weighted by molar-refractivity contribution is 7.92. The smallest absolute Gasteiger partial charge is 0.261 e. The van der Waals surface area contributed by atoms with Crippen LogP contribution in [-0.2, 0) is 10.0 Å². The Kier molecular flexibility index (Phi) is 4.15. The second-order valence-electron chi connectivity index (χ2n) is 5.68. The molecule has 2 aromatic heterocycles. The van der Waals surface area contributed by atoms with Crippen LogP contribution in [0.5, 0.6) is 0 Å². The first-order valence-electron chi connectivity index (χ1n) is 7.45. The van der Waals surface area contributed by atoms with Gasteiger partial charge in [-0.1, -0.05) is 12.1 Å². The number of aromatic nitrogens is 3. The zero-order chi connectivity index (χ0) is 17.3. The first-order chi connectivity index (χ1) is 11.3. The zero-order valence-electron chi connectivity index (χ0n) is 13.6. The van der Waals surface area contributed by atoms with Crippen LogP contribution in [0.15, 0.2) is 52.2 Å². The van der Waals surface area contributed by atoms with E-state index >= 15 is 0 Å². The van der Waals surface area contributed by atoms with E-state index in [0.717, 1.165) is 5.56 Å². The first kappa shape index (κ1) is 16.3. The summed E-state index contributed by atoms with van der Waals surface area (Å²) in [5.74, 6) is 0.561. The molecule has 1 aromatic carbocycles. The quantitative estimate of drug-likeness (QED) is 0.766. The molecule has 0 aliphatic heterocycles. The number of nitrogens with one attached hydrogen (secondary N) is 1. The molecule has 0 aliphatic carbocycles. The van der Waals surface area contributed by atoms with E-state index in [4.69, 9.17) is 4.42 Å². The number of benzene rings is 1. The summed E-state index contributed by atoms with van der Waals surface area (Å²) in [6.07, 6.45) is 4.69. The number of sulfonamides is 1. The second kappa shape index (κ2) is 6.12. The minimum absolute atomic E-state index is 0.161. The summed E-state index contributed by atoms with van der Waals surface area (Å²) in [5, 5.41) is 4.12. The Morgan fingerprint density at radius 1 is 1.21 bits per heavy atom. The van der Waals surface area contributed by atoms with E-state index in [2.05, 4.69) is 14.8 Å². The van der Waals surface area contributed by atoms with Gasteiger partial charge in [-0.2, -0.15) is 5.10 Å². The lowest BCUT2D eigenvalue weighted by molar-refractivity contribution is 0.521. The first-order valence-corrected chi connectivity index (χ1v) is 8.93. The van der Waals surface area contributed by atoms with E-state index in [0.29, 0.717) is 17.3 Å². The predicted octanol–water partition coefficient (Wildman–Crippen LogP) is 3.23. The Bertz CT molecular complexity index is 940. The second-order valence-corrected chi connectivity index (χ2v) is 7.37. The molecule has 0 unspecified atom stereocenters. The molecule has 126 valence electrons. The summed E-state index contributed by atoms with van der Waals surface area (Å²) in [4.78, 5) is 4.39. The fraction of sp³-hybridized carbons (Fsp3) is 0.250. The maximum Gasteiger partial charge on any atom is 0.261 e. The number of hydrogen-bond donors (Lipinski definition) is 1. The number of anilines is 1.